The fourth-order valence-electron chi connectivity index (χ4n) is 1.88. The molecule has 2 aliphatic heterocycles. The van der Waals surface area contributed by atoms with Gasteiger partial charge in [-0.25, -0.2) is 4.79 Å². The van der Waals surface area contributed by atoms with Gasteiger partial charge in [-0.15, -0.1) is 0 Å². The Bertz CT molecular complexity index is 512. The number of rotatable bonds is 3. The van der Waals surface area contributed by atoms with Crippen LogP contribution in [-0.4, -0.2) is 50.6 Å². The quantitative estimate of drug-likeness (QED) is 0.420. The van der Waals surface area contributed by atoms with E-state index in [4.69, 9.17) is 9.47 Å². The summed E-state index contributed by atoms with van der Waals surface area (Å²) >= 11 is 0. The SMILES string of the molecule is CC1(C)O[C@@H]2[C@@H](COS(=O)(=O)C(F)(F)F)OC(=O)[C@@H]2O1. The predicted molar refractivity (Wildman–Crippen MR) is 54.6 cm³/mol. The minimum Gasteiger partial charge on any atom is -0.455 e. The maximum atomic E-state index is 12.1. The van der Waals surface area contributed by atoms with Crippen LogP contribution in [0.3, 0.4) is 0 Å². The minimum absolute atomic E-state index is 0.835. The molecule has 0 amide bonds. The standard InChI is InChI=1S/C9H11F3O7S/c1-8(2)18-5-4(17-7(13)6(5)19-8)3-16-20(14,15)9(10,11)12/h4-6H,3H2,1-2H3/t4-,5-,6-/m1/s1. The molecule has 20 heavy (non-hydrogen) atoms. The van der Waals surface area contributed by atoms with Crippen molar-refractivity contribution in [3.8, 4) is 0 Å². The van der Waals surface area contributed by atoms with Gasteiger partial charge in [-0.05, 0) is 13.8 Å². The lowest BCUT2D eigenvalue weighted by atomic mass is 10.1. The number of ether oxygens (including phenoxy) is 3. The Balaban J connectivity index is 2.04. The molecule has 0 aromatic rings. The molecule has 11 heteroatoms. The first-order chi connectivity index (χ1) is 8.93. The number of hydrogen-bond donors (Lipinski definition) is 0. The third kappa shape index (κ3) is 2.75. The van der Waals surface area contributed by atoms with Gasteiger partial charge in [-0.1, -0.05) is 0 Å². The van der Waals surface area contributed by atoms with Crippen LogP contribution in [0.5, 0.6) is 0 Å². The Morgan fingerprint density at radius 1 is 1.30 bits per heavy atom. The topological polar surface area (TPSA) is 88.1 Å². The lowest BCUT2D eigenvalue weighted by Gasteiger charge is -2.21. The van der Waals surface area contributed by atoms with E-state index in [1.165, 1.54) is 13.8 Å². The van der Waals surface area contributed by atoms with Gasteiger partial charge >= 0.3 is 21.6 Å². The van der Waals surface area contributed by atoms with Gasteiger partial charge in [0.25, 0.3) is 0 Å². The molecule has 0 N–H and O–H groups in total. The Labute approximate surface area is 112 Å². The molecule has 0 spiro atoms. The van der Waals surface area contributed by atoms with Crippen molar-refractivity contribution in [2.24, 2.45) is 0 Å². The molecule has 2 heterocycles. The van der Waals surface area contributed by atoms with E-state index in [0.29, 0.717) is 0 Å². The molecular formula is C9H11F3O7S. The lowest BCUT2D eigenvalue weighted by molar-refractivity contribution is -0.188. The molecule has 0 unspecified atom stereocenters. The number of carbonyl (C=O) groups is 1. The maximum absolute atomic E-state index is 12.1. The number of hydrogen-bond acceptors (Lipinski definition) is 7. The van der Waals surface area contributed by atoms with E-state index in [1.807, 2.05) is 0 Å². The maximum Gasteiger partial charge on any atom is 0.523 e. The molecule has 2 saturated heterocycles. The molecule has 0 aliphatic carbocycles. The van der Waals surface area contributed by atoms with E-state index >= 15 is 0 Å². The fourth-order valence-corrected chi connectivity index (χ4v) is 2.33. The van der Waals surface area contributed by atoms with E-state index in [1.54, 1.807) is 0 Å². The molecule has 0 bridgehead atoms. The van der Waals surface area contributed by atoms with E-state index in [9.17, 15) is 26.4 Å². The zero-order valence-electron chi connectivity index (χ0n) is 10.3. The average molecular weight is 320 g/mol. The van der Waals surface area contributed by atoms with E-state index in [0.717, 1.165) is 0 Å². The van der Waals surface area contributed by atoms with Gasteiger partial charge in [-0.2, -0.15) is 21.6 Å². The molecule has 3 atom stereocenters. The van der Waals surface area contributed by atoms with Gasteiger partial charge < -0.3 is 14.2 Å². The van der Waals surface area contributed by atoms with Crippen molar-refractivity contribution in [2.45, 2.75) is 43.5 Å². The first-order valence-electron chi connectivity index (χ1n) is 5.45. The van der Waals surface area contributed by atoms with Crippen molar-refractivity contribution in [1.82, 2.24) is 0 Å². The molecule has 7 nitrogen and oxygen atoms in total. The van der Waals surface area contributed by atoms with Crippen molar-refractivity contribution in [1.29, 1.82) is 0 Å². The first kappa shape index (κ1) is 15.5. The van der Waals surface area contributed by atoms with Crippen LogP contribution in [0.4, 0.5) is 13.2 Å². The van der Waals surface area contributed by atoms with Crippen molar-refractivity contribution in [3.05, 3.63) is 0 Å². The van der Waals surface area contributed by atoms with E-state index < -0.39 is 52.3 Å². The van der Waals surface area contributed by atoms with Gasteiger partial charge in [0.2, 0.25) is 0 Å². The molecule has 0 radical (unpaired) electrons. The summed E-state index contributed by atoms with van der Waals surface area (Å²) in [6.07, 6.45) is -3.40. The van der Waals surface area contributed by atoms with Crippen molar-refractivity contribution in [2.75, 3.05) is 6.61 Å². The Morgan fingerprint density at radius 3 is 2.45 bits per heavy atom. The molecule has 0 saturated carbocycles. The third-order valence-corrected chi connectivity index (χ3v) is 3.68. The first-order valence-corrected chi connectivity index (χ1v) is 6.86. The molecule has 0 aromatic carbocycles. The Kier molecular flexibility index (Phi) is 3.52. The third-order valence-electron chi connectivity index (χ3n) is 2.67. The van der Waals surface area contributed by atoms with Crippen LogP contribution in [0.1, 0.15) is 13.8 Å². The number of alkyl halides is 3. The van der Waals surface area contributed by atoms with Crippen molar-refractivity contribution in [3.63, 3.8) is 0 Å². The lowest BCUT2D eigenvalue weighted by Crippen LogP contribution is -2.36. The number of esters is 1. The van der Waals surface area contributed by atoms with Gasteiger partial charge in [-0.3, -0.25) is 4.18 Å². The summed E-state index contributed by atoms with van der Waals surface area (Å²) in [6.45, 7) is 2.01. The molecular weight excluding hydrogens is 309 g/mol. The van der Waals surface area contributed by atoms with Crippen LogP contribution in [-0.2, 0) is 33.3 Å². The highest BCUT2D eigenvalue weighted by Crippen LogP contribution is 2.36. The monoisotopic (exact) mass is 320 g/mol. The summed E-state index contributed by atoms with van der Waals surface area (Å²) < 4.78 is 76.8. The van der Waals surface area contributed by atoms with Crippen LogP contribution in [0.15, 0.2) is 0 Å². The summed E-state index contributed by atoms with van der Waals surface area (Å²) in [6, 6.07) is 0. The summed E-state index contributed by atoms with van der Waals surface area (Å²) in [5, 5.41) is 0. The van der Waals surface area contributed by atoms with Gasteiger partial charge in [0.15, 0.2) is 18.0 Å². The summed E-state index contributed by atoms with van der Waals surface area (Å²) in [5.74, 6) is -1.95. The molecule has 0 aromatic heterocycles. The number of halogens is 3. The summed E-state index contributed by atoms with van der Waals surface area (Å²) in [5.41, 5.74) is -5.54. The zero-order valence-corrected chi connectivity index (χ0v) is 11.2. The van der Waals surface area contributed by atoms with Crippen LogP contribution in [0.25, 0.3) is 0 Å². The highest BCUT2D eigenvalue weighted by molar-refractivity contribution is 7.87. The van der Waals surface area contributed by atoms with Crippen LogP contribution >= 0.6 is 0 Å². The van der Waals surface area contributed by atoms with Crippen LogP contribution in [0, 0.1) is 0 Å². The normalized spacial score (nSPS) is 33.0. The zero-order chi connectivity index (χ0) is 15.3. The largest absolute Gasteiger partial charge is 0.523 e. The highest BCUT2D eigenvalue weighted by atomic mass is 32.2. The van der Waals surface area contributed by atoms with Crippen LogP contribution < -0.4 is 0 Å². The summed E-state index contributed by atoms with van der Waals surface area (Å²) in [4.78, 5) is 11.4. The second-order valence-corrected chi connectivity index (χ2v) is 6.29. The van der Waals surface area contributed by atoms with E-state index in [-0.39, 0.29) is 0 Å². The Hall–Kier alpha value is -0.910. The molecule has 2 aliphatic rings. The van der Waals surface area contributed by atoms with Gasteiger partial charge in [0.05, 0.1) is 0 Å². The summed E-state index contributed by atoms with van der Waals surface area (Å²) in [7, 11) is -5.75. The number of carbonyl (C=O) groups excluding carboxylic acids is 1. The second-order valence-electron chi connectivity index (χ2n) is 4.68. The Morgan fingerprint density at radius 2 is 1.90 bits per heavy atom. The minimum atomic E-state index is -5.75. The van der Waals surface area contributed by atoms with Crippen LogP contribution in [0.2, 0.25) is 0 Å². The smallest absolute Gasteiger partial charge is 0.455 e. The van der Waals surface area contributed by atoms with E-state index in [2.05, 4.69) is 8.92 Å². The molecule has 2 rings (SSSR count). The highest BCUT2D eigenvalue weighted by Gasteiger charge is 2.57. The number of cyclic esters (lactones) is 1. The molecule has 116 valence electrons. The van der Waals surface area contributed by atoms with Gasteiger partial charge in [0.1, 0.15) is 12.7 Å². The van der Waals surface area contributed by atoms with Crippen molar-refractivity contribution >= 4 is 16.1 Å². The van der Waals surface area contributed by atoms with Crippen molar-refractivity contribution < 1.29 is 44.8 Å². The molecule has 2 fully saturated rings. The fraction of sp³-hybridized carbons (Fsp3) is 0.889. The van der Waals surface area contributed by atoms with Gasteiger partial charge in [0, 0.05) is 0 Å². The average Bonchev–Trinajstić information content (AvgIpc) is 2.70. The predicted octanol–water partition coefficient (Wildman–Crippen LogP) is 0.298. The number of fused-ring (bicyclic) bond motifs is 1. The second kappa shape index (κ2) is 4.55.